The number of nitrogens with one attached hydrogen (secondary N) is 1. The zero-order valence-electron chi connectivity index (χ0n) is 16.7. The zero-order chi connectivity index (χ0) is 20.3. The van der Waals surface area contributed by atoms with Gasteiger partial charge in [0.2, 0.25) is 10.0 Å². The smallest absolute Gasteiger partial charge is 0.251 e. The predicted octanol–water partition coefficient (Wildman–Crippen LogP) is 3.54. The van der Waals surface area contributed by atoms with Crippen LogP contribution in [0.1, 0.15) is 48.7 Å². The number of carbonyl (C=O) groups is 1. The molecule has 1 heterocycles. The summed E-state index contributed by atoms with van der Waals surface area (Å²) in [6.07, 6.45) is 2.40. The first-order valence-electron chi connectivity index (χ1n) is 9.81. The Morgan fingerprint density at radius 2 is 1.93 bits per heavy atom. The molecule has 2 atom stereocenters. The Hall–Kier alpha value is -2.34. The first-order valence-corrected chi connectivity index (χ1v) is 11.4. The molecule has 0 spiro atoms. The van der Waals surface area contributed by atoms with Crippen molar-refractivity contribution in [1.82, 2.24) is 5.32 Å². The van der Waals surface area contributed by atoms with Crippen LogP contribution in [0, 0.1) is 0 Å². The van der Waals surface area contributed by atoms with Gasteiger partial charge in [-0.15, -0.1) is 0 Å². The standard InChI is InChI=1S/C22H28N2O3S/c1-4-28(26,27)24-17(3)14-20-15-19(12-13-21(20)24)22(25)23-16(2)10-11-18-8-6-5-7-9-18/h5-9,12-13,15-17H,4,10-11,14H2,1-3H3,(H,23,25)/t16-,17+/m0/s1. The van der Waals surface area contributed by atoms with Gasteiger partial charge in [0.05, 0.1) is 11.4 Å². The van der Waals surface area contributed by atoms with Gasteiger partial charge < -0.3 is 5.32 Å². The highest BCUT2D eigenvalue weighted by molar-refractivity contribution is 7.92. The van der Waals surface area contributed by atoms with E-state index in [0.29, 0.717) is 17.7 Å². The van der Waals surface area contributed by atoms with Crippen LogP contribution in [0.5, 0.6) is 0 Å². The molecule has 1 amide bonds. The highest BCUT2D eigenvalue weighted by Gasteiger charge is 2.34. The summed E-state index contributed by atoms with van der Waals surface area (Å²) in [7, 11) is -3.31. The van der Waals surface area contributed by atoms with E-state index in [1.807, 2.05) is 38.1 Å². The fourth-order valence-electron chi connectivity index (χ4n) is 3.71. The van der Waals surface area contributed by atoms with Crippen LogP contribution >= 0.6 is 0 Å². The maximum atomic E-state index is 12.6. The highest BCUT2D eigenvalue weighted by Crippen LogP contribution is 2.35. The fourth-order valence-corrected chi connectivity index (χ4v) is 5.09. The van der Waals surface area contributed by atoms with E-state index in [1.165, 1.54) is 9.87 Å². The molecule has 150 valence electrons. The Kier molecular flexibility index (Phi) is 6.08. The van der Waals surface area contributed by atoms with Gasteiger partial charge in [0.25, 0.3) is 5.91 Å². The maximum absolute atomic E-state index is 12.6. The second kappa shape index (κ2) is 8.35. The number of carbonyl (C=O) groups excluding carboxylic acids is 1. The summed E-state index contributed by atoms with van der Waals surface area (Å²) in [5.74, 6) is -0.0504. The lowest BCUT2D eigenvalue weighted by atomic mass is 10.0. The maximum Gasteiger partial charge on any atom is 0.251 e. The summed E-state index contributed by atoms with van der Waals surface area (Å²) in [6, 6.07) is 15.5. The van der Waals surface area contributed by atoms with Crippen LogP contribution in [0.4, 0.5) is 5.69 Å². The second-order valence-electron chi connectivity index (χ2n) is 7.49. The quantitative estimate of drug-likeness (QED) is 0.773. The van der Waals surface area contributed by atoms with Gasteiger partial charge in [-0.05, 0) is 69.4 Å². The van der Waals surface area contributed by atoms with Crippen LogP contribution in [0.3, 0.4) is 0 Å². The molecule has 0 bridgehead atoms. The third kappa shape index (κ3) is 4.38. The summed E-state index contributed by atoms with van der Waals surface area (Å²) in [5, 5.41) is 3.05. The van der Waals surface area contributed by atoms with E-state index in [1.54, 1.807) is 19.1 Å². The monoisotopic (exact) mass is 400 g/mol. The van der Waals surface area contributed by atoms with Crippen molar-refractivity contribution in [3.05, 3.63) is 65.2 Å². The molecule has 0 fully saturated rings. The Balaban J connectivity index is 1.66. The van der Waals surface area contributed by atoms with Gasteiger partial charge in [0.1, 0.15) is 0 Å². The number of benzene rings is 2. The highest BCUT2D eigenvalue weighted by atomic mass is 32.2. The van der Waals surface area contributed by atoms with Gasteiger partial charge >= 0.3 is 0 Å². The van der Waals surface area contributed by atoms with Crippen molar-refractivity contribution in [1.29, 1.82) is 0 Å². The first kappa shape index (κ1) is 20.4. The molecule has 0 unspecified atom stereocenters. The molecule has 5 nitrogen and oxygen atoms in total. The Bertz CT molecular complexity index is 942. The number of fused-ring (bicyclic) bond motifs is 1. The van der Waals surface area contributed by atoms with Crippen molar-refractivity contribution in [2.45, 2.75) is 52.1 Å². The molecule has 0 saturated carbocycles. The molecule has 2 aromatic carbocycles. The lowest BCUT2D eigenvalue weighted by Crippen LogP contribution is -2.36. The summed E-state index contributed by atoms with van der Waals surface area (Å²) in [6.45, 7) is 5.56. The van der Waals surface area contributed by atoms with Crippen molar-refractivity contribution in [3.8, 4) is 0 Å². The summed E-state index contributed by atoms with van der Waals surface area (Å²) >= 11 is 0. The summed E-state index contributed by atoms with van der Waals surface area (Å²) in [5.41, 5.74) is 3.44. The van der Waals surface area contributed by atoms with E-state index < -0.39 is 10.0 Å². The van der Waals surface area contributed by atoms with Crippen LogP contribution in [-0.4, -0.2) is 32.2 Å². The van der Waals surface area contributed by atoms with E-state index in [2.05, 4.69) is 17.4 Å². The SMILES string of the molecule is CCS(=O)(=O)N1c2ccc(C(=O)N[C@@H](C)CCc3ccccc3)cc2C[C@H]1C. The molecule has 0 aliphatic carbocycles. The zero-order valence-corrected chi connectivity index (χ0v) is 17.5. The molecule has 0 aromatic heterocycles. The lowest BCUT2D eigenvalue weighted by Gasteiger charge is -2.23. The van der Waals surface area contributed by atoms with Gasteiger partial charge in [0.15, 0.2) is 0 Å². The van der Waals surface area contributed by atoms with Gasteiger partial charge in [-0.2, -0.15) is 0 Å². The van der Waals surface area contributed by atoms with Crippen molar-refractivity contribution in [2.24, 2.45) is 0 Å². The van der Waals surface area contributed by atoms with Crippen molar-refractivity contribution < 1.29 is 13.2 Å². The van der Waals surface area contributed by atoms with E-state index >= 15 is 0 Å². The van der Waals surface area contributed by atoms with E-state index in [4.69, 9.17) is 0 Å². The molecular weight excluding hydrogens is 372 g/mol. The molecule has 0 radical (unpaired) electrons. The van der Waals surface area contributed by atoms with E-state index in [-0.39, 0.29) is 23.7 Å². The normalized spacial score (nSPS) is 17.2. The molecule has 1 aliphatic heterocycles. The molecular formula is C22H28N2O3S. The Labute approximate surface area is 167 Å². The Morgan fingerprint density at radius 1 is 1.21 bits per heavy atom. The number of hydrogen-bond donors (Lipinski definition) is 1. The van der Waals surface area contributed by atoms with Crippen molar-refractivity contribution in [3.63, 3.8) is 0 Å². The minimum Gasteiger partial charge on any atom is -0.350 e. The number of aryl methyl sites for hydroxylation is 1. The first-order chi connectivity index (χ1) is 13.3. The fraction of sp³-hybridized carbons (Fsp3) is 0.409. The number of rotatable bonds is 7. The van der Waals surface area contributed by atoms with Gasteiger partial charge in [-0.25, -0.2) is 8.42 Å². The van der Waals surface area contributed by atoms with Crippen molar-refractivity contribution >= 4 is 21.6 Å². The van der Waals surface area contributed by atoms with Crippen LogP contribution in [0.25, 0.3) is 0 Å². The van der Waals surface area contributed by atoms with E-state index in [0.717, 1.165) is 18.4 Å². The van der Waals surface area contributed by atoms with E-state index in [9.17, 15) is 13.2 Å². The van der Waals surface area contributed by atoms with Gasteiger partial charge in [-0.1, -0.05) is 30.3 Å². The molecule has 3 rings (SSSR count). The third-order valence-corrected chi connectivity index (χ3v) is 7.13. The van der Waals surface area contributed by atoms with Crippen LogP contribution in [-0.2, 0) is 22.9 Å². The number of amides is 1. The van der Waals surface area contributed by atoms with Gasteiger partial charge in [0, 0.05) is 17.6 Å². The molecule has 6 heteroatoms. The number of nitrogens with zero attached hydrogens (tertiary/aromatic N) is 1. The largest absolute Gasteiger partial charge is 0.350 e. The molecule has 2 aromatic rings. The Morgan fingerprint density at radius 3 is 2.61 bits per heavy atom. The average molecular weight is 401 g/mol. The topological polar surface area (TPSA) is 66.5 Å². The number of anilines is 1. The minimum atomic E-state index is -3.31. The molecule has 1 N–H and O–H groups in total. The van der Waals surface area contributed by atoms with Gasteiger partial charge in [-0.3, -0.25) is 9.10 Å². The predicted molar refractivity (Wildman–Crippen MR) is 113 cm³/mol. The van der Waals surface area contributed by atoms with Crippen LogP contribution in [0.15, 0.2) is 48.5 Å². The number of sulfonamides is 1. The lowest BCUT2D eigenvalue weighted by molar-refractivity contribution is 0.0938. The minimum absolute atomic E-state index is 0.0526. The number of hydrogen-bond acceptors (Lipinski definition) is 3. The molecule has 28 heavy (non-hydrogen) atoms. The van der Waals surface area contributed by atoms with Crippen LogP contribution < -0.4 is 9.62 Å². The summed E-state index contributed by atoms with van der Waals surface area (Å²) in [4.78, 5) is 12.6. The van der Waals surface area contributed by atoms with Crippen molar-refractivity contribution in [2.75, 3.05) is 10.1 Å². The molecule has 1 aliphatic rings. The second-order valence-corrected chi connectivity index (χ2v) is 9.63. The van der Waals surface area contributed by atoms with Crippen LogP contribution in [0.2, 0.25) is 0 Å². The summed E-state index contributed by atoms with van der Waals surface area (Å²) < 4.78 is 26.2. The third-order valence-electron chi connectivity index (χ3n) is 5.25. The molecule has 0 saturated heterocycles. The average Bonchev–Trinajstić information content (AvgIpc) is 3.02.